The summed E-state index contributed by atoms with van der Waals surface area (Å²) in [5.74, 6) is 0. The van der Waals surface area contributed by atoms with Crippen LogP contribution in [0.15, 0.2) is 41.0 Å². The number of nitrogens with one attached hydrogen (secondary N) is 1. The van der Waals surface area contributed by atoms with Gasteiger partial charge in [-0.1, -0.05) is 30.3 Å². The molecule has 94 valence electrons. The first-order valence-electron chi connectivity index (χ1n) is 5.29. The molecule has 0 unspecified atom stereocenters. The van der Waals surface area contributed by atoms with Crippen LogP contribution in [0.5, 0.6) is 0 Å². The second kappa shape index (κ2) is 6.51. The molecule has 0 radical (unpaired) electrons. The van der Waals surface area contributed by atoms with Crippen LogP contribution in [-0.2, 0) is 17.9 Å². The van der Waals surface area contributed by atoms with Gasteiger partial charge in [-0.3, -0.25) is 0 Å². The van der Waals surface area contributed by atoms with E-state index in [1.807, 2.05) is 30.3 Å². The average molecular weight is 327 g/mol. The molecule has 0 fully saturated rings. The number of hydrogen-bond acceptors (Lipinski definition) is 4. The van der Waals surface area contributed by atoms with Gasteiger partial charge >= 0.3 is 6.09 Å². The summed E-state index contributed by atoms with van der Waals surface area (Å²) in [5.41, 5.74) is 0.964. The molecule has 1 heterocycles. The third-order valence-corrected chi connectivity index (χ3v) is 3.94. The van der Waals surface area contributed by atoms with Crippen molar-refractivity contribution in [3.05, 3.63) is 51.4 Å². The van der Waals surface area contributed by atoms with Crippen LogP contribution in [0, 0.1) is 0 Å². The number of nitrogens with zero attached hydrogens (tertiary/aromatic N) is 1. The van der Waals surface area contributed by atoms with Gasteiger partial charge < -0.3 is 10.1 Å². The normalized spacial score (nSPS) is 10.1. The van der Waals surface area contributed by atoms with E-state index in [1.165, 1.54) is 11.5 Å². The van der Waals surface area contributed by atoms with Gasteiger partial charge in [-0.2, -0.15) is 4.37 Å². The van der Waals surface area contributed by atoms with Crippen molar-refractivity contribution in [3.63, 3.8) is 0 Å². The monoisotopic (exact) mass is 326 g/mol. The molecule has 1 aromatic heterocycles. The Labute approximate surface area is 117 Å². The lowest BCUT2D eigenvalue weighted by Crippen LogP contribution is -2.23. The van der Waals surface area contributed by atoms with Gasteiger partial charge in [0.2, 0.25) is 0 Å². The van der Waals surface area contributed by atoms with Crippen LogP contribution in [-0.4, -0.2) is 10.5 Å². The Morgan fingerprint density at radius 3 is 2.83 bits per heavy atom. The maximum Gasteiger partial charge on any atom is 0.407 e. The van der Waals surface area contributed by atoms with E-state index in [0.29, 0.717) is 6.54 Å². The molecule has 0 saturated carbocycles. The lowest BCUT2D eigenvalue weighted by Gasteiger charge is -2.06. The van der Waals surface area contributed by atoms with Crippen molar-refractivity contribution in [2.75, 3.05) is 0 Å². The van der Waals surface area contributed by atoms with Crippen molar-refractivity contribution >= 4 is 33.6 Å². The Hall–Kier alpha value is -1.40. The Morgan fingerprint density at radius 1 is 1.39 bits per heavy atom. The molecule has 1 aromatic carbocycles. The van der Waals surface area contributed by atoms with Gasteiger partial charge in [0.1, 0.15) is 6.61 Å². The zero-order valence-corrected chi connectivity index (χ0v) is 11.8. The molecule has 0 spiro atoms. The van der Waals surface area contributed by atoms with Crippen molar-refractivity contribution in [2.45, 2.75) is 13.2 Å². The summed E-state index contributed by atoms with van der Waals surface area (Å²) in [6.45, 7) is 0.690. The summed E-state index contributed by atoms with van der Waals surface area (Å²) in [4.78, 5) is 12.4. The zero-order chi connectivity index (χ0) is 12.8. The largest absolute Gasteiger partial charge is 0.445 e. The quantitative estimate of drug-likeness (QED) is 0.937. The molecule has 0 aliphatic rings. The second-order valence-corrected chi connectivity index (χ2v) is 5.25. The minimum atomic E-state index is -0.431. The third kappa shape index (κ3) is 3.82. The molecule has 0 atom stereocenters. The number of carbonyl (C=O) groups excluding carboxylic acids is 1. The fraction of sp³-hybridized carbons (Fsp3) is 0.167. The highest BCUT2D eigenvalue weighted by Gasteiger charge is 2.06. The van der Waals surface area contributed by atoms with Crippen LogP contribution >= 0.6 is 27.5 Å². The van der Waals surface area contributed by atoms with Gasteiger partial charge in [0, 0.05) is 0 Å². The Morgan fingerprint density at radius 2 is 2.17 bits per heavy atom. The summed E-state index contributed by atoms with van der Waals surface area (Å²) < 4.78 is 9.98. The molecule has 0 aliphatic carbocycles. The van der Waals surface area contributed by atoms with Gasteiger partial charge in [0.15, 0.2) is 0 Å². The molecular weight excluding hydrogens is 316 g/mol. The van der Waals surface area contributed by atoms with E-state index in [9.17, 15) is 4.79 Å². The van der Waals surface area contributed by atoms with Gasteiger partial charge in [-0.15, -0.1) is 0 Å². The predicted molar refractivity (Wildman–Crippen MR) is 73.3 cm³/mol. The highest BCUT2D eigenvalue weighted by Crippen LogP contribution is 2.19. The molecule has 2 aromatic rings. The number of benzene rings is 1. The van der Waals surface area contributed by atoms with Crippen molar-refractivity contribution in [2.24, 2.45) is 0 Å². The Balaban J connectivity index is 1.75. The van der Waals surface area contributed by atoms with E-state index in [0.717, 1.165) is 14.9 Å². The van der Waals surface area contributed by atoms with Gasteiger partial charge in [-0.05, 0) is 33.0 Å². The first-order chi connectivity index (χ1) is 8.75. The number of halogens is 1. The molecule has 4 nitrogen and oxygen atoms in total. The van der Waals surface area contributed by atoms with E-state index >= 15 is 0 Å². The topological polar surface area (TPSA) is 51.2 Å². The number of carbonyl (C=O) groups is 1. The van der Waals surface area contributed by atoms with E-state index < -0.39 is 6.09 Å². The Kier molecular flexibility index (Phi) is 4.72. The van der Waals surface area contributed by atoms with Crippen LogP contribution in [0.1, 0.15) is 10.4 Å². The summed E-state index contributed by atoms with van der Waals surface area (Å²) in [6, 6.07) is 9.56. The molecule has 0 bridgehead atoms. The molecule has 1 N–H and O–H groups in total. The number of ether oxygens (including phenoxy) is 1. The Bertz CT molecular complexity index is 516. The van der Waals surface area contributed by atoms with Gasteiger partial charge in [-0.25, -0.2) is 4.79 Å². The average Bonchev–Trinajstić information content (AvgIpc) is 2.81. The maximum absolute atomic E-state index is 11.5. The van der Waals surface area contributed by atoms with Crippen LogP contribution in [0.2, 0.25) is 0 Å². The SMILES string of the molecule is O=C(NCc1sncc1Br)OCc1ccccc1. The van der Waals surface area contributed by atoms with E-state index in [-0.39, 0.29) is 6.61 Å². The van der Waals surface area contributed by atoms with Crippen LogP contribution in [0.4, 0.5) is 4.79 Å². The number of aromatic nitrogens is 1. The third-order valence-electron chi connectivity index (χ3n) is 2.20. The molecular formula is C12H11BrN2O2S. The number of amides is 1. The van der Waals surface area contributed by atoms with Crippen LogP contribution in [0.25, 0.3) is 0 Å². The molecule has 2 rings (SSSR count). The standard InChI is InChI=1S/C12H11BrN2O2S/c13-10-6-15-18-11(10)7-14-12(16)17-8-9-4-2-1-3-5-9/h1-6H,7-8H2,(H,14,16). The number of hydrogen-bond donors (Lipinski definition) is 1. The van der Waals surface area contributed by atoms with Crippen LogP contribution < -0.4 is 5.32 Å². The highest BCUT2D eigenvalue weighted by molar-refractivity contribution is 9.10. The van der Waals surface area contributed by atoms with Gasteiger partial charge in [0.25, 0.3) is 0 Å². The van der Waals surface area contributed by atoms with Gasteiger partial charge in [0.05, 0.1) is 22.1 Å². The molecule has 0 aliphatic heterocycles. The van der Waals surface area contributed by atoms with Crippen LogP contribution in [0.3, 0.4) is 0 Å². The summed E-state index contributed by atoms with van der Waals surface area (Å²) in [7, 11) is 0. The fourth-order valence-corrected chi connectivity index (χ4v) is 2.45. The van der Waals surface area contributed by atoms with E-state index in [1.54, 1.807) is 6.20 Å². The highest BCUT2D eigenvalue weighted by atomic mass is 79.9. The first-order valence-corrected chi connectivity index (χ1v) is 6.86. The lowest BCUT2D eigenvalue weighted by atomic mass is 10.2. The van der Waals surface area contributed by atoms with Crippen molar-refractivity contribution in [1.29, 1.82) is 0 Å². The minimum Gasteiger partial charge on any atom is -0.445 e. The molecule has 1 amide bonds. The molecule has 0 saturated heterocycles. The van der Waals surface area contributed by atoms with Crippen molar-refractivity contribution < 1.29 is 9.53 Å². The predicted octanol–water partition coefficient (Wildman–Crippen LogP) is 3.33. The van der Waals surface area contributed by atoms with Crippen molar-refractivity contribution in [1.82, 2.24) is 9.69 Å². The first kappa shape index (κ1) is 13.0. The van der Waals surface area contributed by atoms with Crippen molar-refractivity contribution in [3.8, 4) is 0 Å². The molecule has 6 heteroatoms. The van der Waals surface area contributed by atoms with E-state index in [4.69, 9.17) is 4.74 Å². The summed E-state index contributed by atoms with van der Waals surface area (Å²) in [6.07, 6.45) is 1.27. The number of alkyl carbamates (subject to hydrolysis) is 1. The smallest absolute Gasteiger partial charge is 0.407 e. The number of rotatable bonds is 4. The second-order valence-electron chi connectivity index (χ2n) is 3.51. The lowest BCUT2D eigenvalue weighted by molar-refractivity contribution is 0.139. The summed E-state index contributed by atoms with van der Waals surface area (Å²) in [5, 5.41) is 2.68. The molecule has 18 heavy (non-hydrogen) atoms. The maximum atomic E-state index is 11.5. The fourth-order valence-electron chi connectivity index (χ4n) is 1.30. The minimum absolute atomic E-state index is 0.274. The summed E-state index contributed by atoms with van der Waals surface area (Å²) >= 11 is 4.69. The van der Waals surface area contributed by atoms with E-state index in [2.05, 4.69) is 25.6 Å². The zero-order valence-electron chi connectivity index (χ0n) is 9.43.